The fourth-order valence-electron chi connectivity index (χ4n) is 3.35. The molecular formula is C15H23N3O. The lowest BCUT2D eigenvalue weighted by atomic mass is 9.82. The zero-order valence-electron chi connectivity index (χ0n) is 11.6. The molecule has 0 saturated carbocycles. The fourth-order valence-corrected chi connectivity index (χ4v) is 3.35. The summed E-state index contributed by atoms with van der Waals surface area (Å²) < 4.78 is 5.80. The molecule has 1 aromatic carbocycles. The first-order chi connectivity index (χ1) is 9.26. The first-order valence-corrected chi connectivity index (χ1v) is 7.12. The Kier molecular flexibility index (Phi) is 3.48. The van der Waals surface area contributed by atoms with Crippen molar-refractivity contribution in [2.45, 2.75) is 12.0 Å². The number of nitrogens with zero attached hydrogens (tertiary/aromatic N) is 2. The van der Waals surface area contributed by atoms with Gasteiger partial charge in [-0.2, -0.15) is 0 Å². The second-order valence-corrected chi connectivity index (χ2v) is 5.62. The Labute approximate surface area is 115 Å². The van der Waals surface area contributed by atoms with Crippen LogP contribution < -0.4 is 10.5 Å². The third-order valence-electron chi connectivity index (χ3n) is 4.61. The predicted octanol–water partition coefficient (Wildman–Crippen LogP) is 0.870. The summed E-state index contributed by atoms with van der Waals surface area (Å²) in [5, 5.41) is 0. The van der Waals surface area contributed by atoms with Gasteiger partial charge in [0.05, 0.1) is 12.1 Å². The zero-order chi connectivity index (χ0) is 13.3. The lowest BCUT2D eigenvalue weighted by Crippen LogP contribution is -2.59. The van der Waals surface area contributed by atoms with Crippen molar-refractivity contribution in [2.75, 3.05) is 46.4 Å². The van der Waals surface area contributed by atoms with Gasteiger partial charge in [-0.25, -0.2) is 0 Å². The molecule has 3 rings (SSSR count). The van der Waals surface area contributed by atoms with E-state index in [1.54, 1.807) is 0 Å². The molecule has 0 spiro atoms. The van der Waals surface area contributed by atoms with E-state index in [1.165, 1.54) is 5.56 Å². The number of piperazine rings is 1. The molecule has 1 aromatic rings. The van der Waals surface area contributed by atoms with E-state index in [0.717, 1.165) is 45.0 Å². The van der Waals surface area contributed by atoms with Gasteiger partial charge in [-0.1, -0.05) is 18.2 Å². The maximum atomic E-state index is 6.21. The second-order valence-electron chi connectivity index (χ2n) is 5.62. The van der Waals surface area contributed by atoms with Crippen molar-refractivity contribution in [3.63, 3.8) is 0 Å². The van der Waals surface area contributed by atoms with E-state index in [0.29, 0.717) is 6.54 Å². The van der Waals surface area contributed by atoms with Gasteiger partial charge in [0, 0.05) is 44.7 Å². The topological polar surface area (TPSA) is 41.7 Å². The predicted molar refractivity (Wildman–Crippen MR) is 76.4 cm³/mol. The van der Waals surface area contributed by atoms with Gasteiger partial charge in [-0.3, -0.25) is 4.90 Å². The van der Waals surface area contributed by atoms with Crippen LogP contribution >= 0.6 is 0 Å². The van der Waals surface area contributed by atoms with E-state index in [-0.39, 0.29) is 5.54 Å². The first kappa shape index (κ1) is 12.9. The van der Waals surface area contributed by atoms with Crippen LogP contribution in [0.3, 0.4) is 0 Å². The molecule has 1 atom stereocenters. The summed E-state index contributed by atoms with van der Waals surface area (Å²) in [6.07, 6.45) is 0.990. The molecule has 0 amide bonds. The highest BCUT2D eigenvalue weighted by atomic mass is 16.5. The van der Waals surface area contributed by atoms with Crippen LogP contribution in [0.2, 0.25) is 0 Å². The van der Waals surface area contributed by atoms with Crippen molar-refractivity contribution in [1.29, 1.82) is 0 Å². The minimum Gasteiger partial charge on any atom is -0.493 e. The first-order valence-electron chi connectivity index (χ1n) is 7.12. The Bertz CT molecular complexity index is 443. The van der Waals surface area contributed by atoms with E-state index in [4.69, 9.17) is 10.5 Å². The smallest absolute Gasteiger partial charge is 0.124 e. The molecule has 19 heavy (non-hydrogen) atoms. The van der Waals surface area contributed by atoms with Crippen LogP contribution in [-0.4, -0.2) is 56.2 Å². The Morgan fingerprint density at radius 3 is 2.68 bits per heavy atom. The molecule has 2 aliphatic heterocycles. The maximum absolute atomic E-state index is 6.21. The average Bonchev–Trinajstić information content (AvgIpc) is 2.47. The largest absolute Gasteiger partial charge is 0.493 e. The van der Waals surface area contributed by atoms with Gasteiger partial charge in [-0.15, -0.1) is 0 Å². The van der Waals surface area contributed by atoms with Crippen molar-refractivity contribution in [1.82, 2.24) is 9.80 Å². The van der Waals surface area contributed by atoms with E-state index >= 15 is 0 Å². The number of ether oxygens (including phenoxy) is 1. The third kappa shape index (κ3) is 2.14. The number of benzene rings is 1. The van der Waals surface area contributed by atoms with Crippen LogP contribution in [0, 0.1) is 0 Å². The fraction of sp³-hybridized carbons (Fsp3) is 0.600. The summed E-state index contributed by atoms with van der Waals surface area (Å²) in [6.45, 7) is 5.83. The van der Waals surface area contributed by atoms with Crippen LogP contribution in [0.5, 0.6) is 5.75 Å². The van der Waals surface area contributed by atoms with Gasteiger partial charge < -0.3 is 15.4 Å². The van der Waals surface area contributed by atoms with Gasteiger partial charge in [0.2, 0.25) is 0 Å². The summed E-state index contributed by atoms with van der Waals surface area (Å²) in [5.74, 6) is 1.01. The van der Waals surface area contributed by atoms with Crippen LogP contribution in [0.4, 0.5) is 0 Å². The SMILES string of the molecule is CN1CCN(C2(CN)CCOc3ccccc32)CC1. The highest BCUT2D eigenvalue weighted by molar-refractivity contribution is 5.41. The van der Waals surface area contributed by atoms with Crippen molar-refractivity contribution < 1.29 is 4.74 Å². The quantitative estimate of drug-likeness (QED) is 0.858. The molecule has 2 N–H and O–H groups in total. The van der Waals surface area contributed by atoms with E-state index in [9.17, 15) is 0 Å². The molecule has 0 bridgehead atoms. The van der Waals surface area contributed by atoms with Crippen molar-refractivity contribution in [3.8, 4) is 5.75 Å². The van der Waals surface area contributed by atoms with Gasteiger partial charge in [0.25, 0.3) is 0 Å². The number of likely N-dealkylation sites (N-methyl/N-ethyl adjacent to an activating group) is 1. The Hall–Kier alpha value is -1.10. The average molecular weight is 261 g/mol. The number of para-hydroxylation sites is 1. The van der Waals surface area contributed by atoms with Crippen molar-refractivity contribution >= 4 is 0 Å². The van der Waals surface area contributed by atoms with Gasteiger partial charge >= 0.3 is 0 Å². The minimum atomic E-state index is -0.0316. The molecular weight excluding hydrogens is 238 g/mol. The van der Waals surface area contributed by atoms with Gasteiger partial charge in [-0.05, 0) is 13.1 Å². The maximum Gasteiger partial charge on any atom is 0.124 e. The number of fused-ring (bicyclic) bond motifs is 1. The number of hydrogen-bond acceptors (Lipinski definition) is 4. The van der Waals surface area contributed by atoms with E-state index < -0.39 is 0 Å². The third-order valence-corrected chi connectivity index (χ3v) is 4.61. The van der Waals surface area contributed by atoms with Crippen LogP contribution in [-0.2, 0) is 5.54 Å². The lowest BCUT2D eigenvalue weighted by molar-refractivity contribution is 0.0139. The molecule has 4 nitrogen and oxygen atoms in total. The highest BCUT2D eigenvalue weighted by Gasteiger charge is 2.42. The lowest BCUT2D eigenvalue weighted by Gasteiger charge is -2.49. The molecule has 1 fully saturated rings. The summed E-state index contributed by atoms with van der Waals surface area (Å²) in [6, 6.07) is 8.37. The monoisotopic (exact) mass is 261 g/mol. The molecule has 0 aromatic heterocycles. The molecule has 0 radical (unpaired) electrons. The molecule has 2 aliphatic rings. The van der Waals surface area contributed by atoms with Crippen molar-refractivity contribution in [3.05, 3.63) is 29.8 Å². The molecule has 2 heterocycles. The molecule has 1 saturated heterocycles. The van der Waals surface area contributed by atoms with Crippen LogP contribution in [0.1, 0.15) is 12.0 Å². The van der Waals surface area contributed by atoms with Gasteiger partial charge in [0.1, 0.15) is 5.75 Å². The molecule has 1 unspecified atom stereocenters. The zero-order valence-corrected chi connectivity index (χ0v) is 11.6. The summed E-state index contributed by atoms with van der Waals surface area (Å²) in [7, 11) is 2.18. The van der Waals surface area contributed by atoms with Crippen LogP contribution in [0.15, 0.2) is 24.3 Å². The summed E-state index contributed by atoms with van der Waals surface area (Å²) >= 11 is 0. The van der Waals surface area contributed by atoms with Crippen molar-refractivity contribution in [2.24, 2.45) is 5.73 Å². The molecule has 104 valence electrons. The molecule has 4 heteroatoms. The Morgan fingerprint density at radius 1 is 1.21 bits per heavy atom. The van der Waals surface area contributed by atoms with Gasteiger partial charge in [0.15, 0.2) is 0 Å². The Balaban J connectivity index is 1.95. The highest BCUT2D eigenvalue weighted by Crippen LogP contribution is 2.40. The number of rotatable bonds is 2. The molecule has 0 aliphatic carbocycles. The summed E-state index contributed by atoms with van der Waals surface area (Å²) in [5.41, 5.74) is 7.45. The van der Waals surface area contributed by atoms with Crippen LogP contribution in [0.25, 0.3) is 0 Å². The number of hydrogen-bond donors (Lipinski definition) is 1. The minimum absolute atomic E-state index is 0.0316. The van der Waals surface area contributed by atoms with E-state index in [1.807, 2.05) is 6.07 Å². The normalized spacial score (nSPS) is 28.7. The number of nitrogens with two attached hydrogens (primary N) is 1. The summed E-state index contributed by atoms with van der Waals surface area (Å²) in [4.78, 5) is 4.94. The Morgan fingerprint density at radius 2 is 1.95 bits per heavy atom. The standard InChI is InChI=1S/C15H23N3O/c1-17-7-9-18(10-8-17)15(12-16)6-11-19-14-5-3-2-4-13(14)15/h2-5H,6-12,16H2,1H3. The second kappa shape index (κ2) is 5.12. The van der Waals surface area contributed by atoms with E-state index in [2.05, 4.69) is 35.0 Å².